The van der Waals surface area contributed by atoms with Crippen LogP contribution in [0.25, 0.3) is 11.1 Å². The second-order valence-corrected chi connectivity index (χ2v) is 4.91. The van der Waals surface area contributed by atoms with E-state index in [-0.39, 0.29) is 0 Å². The molecule has 17 heavy (non-hydrogen) atoms. The van der Waals surface area contributed by atoms with Gasteiger partial charge in [0.2, 0.25) is 0 Å². The van der Waals surface area contributed by atoms with E-state index in [0.29, 0.717) is 6.04 Å². The molecule has 1 aromatic carbocycles. The summed E-state index contributed by atoms with van der Waals surface area (Å²) >= 11 is 0. The third-order valence-corrected chi connectivity index (χ3v) is 3.46. The highest BCUT2D eigenvalue weighted by Gasteiger charge is 2.15. The summed E-state index contributed by atoms with van der Waals surface area (Å²) in [5, 5.41) is 3.50. The van der Waals surface area contributed by atoms with Crippen molar-refractivity contribution in [1.82, 2.24) is 10.3 Å². The van der Waals surface area contributed by atoms with Crippen molar-refractivity contribution >= 4 is 11.1 Å². The third kappa shape index (κ3) is 2.34. The van der Waals surface area contributed by atoms with Gasteiger partial charge in [-0.05, 0) is 50.4 Å². The lowest BCUT2D eigenvalue weighted by atomic mass is 10.1. The minimum atomic E-state index is 0.659. The topological polar surface area (TPSA) is 38.1 Å². The number of nitrogens with one attached hydrogen (secondary N) is 1. The first-order valence-electron chi connectivity index (χ1n) is 6.41. The van der Waals surface area contributed by atoms with Crippen molar-refractivity contribution in [3.63, 3.8) is 0 Å². The zero-order valence-electron chi connectivity index (χ0n) is 10.2. The Labute approximate surface area is 101 Å². The van der Waals surface area contributed by atoms with Gasteiger partial charge in [0, 0.05) is 12.5 Å². The number of fused-ring (bicyclic) bond motifs is 1. The van der Waals surface area contributed by atoms with Gasteiger partial charge >= 0.3 is 0 Å². The van der Waals surface area contributed by atoms with E-state index >= 15 is 0 Å². The van der Waals surface area contributed by atoms with Crippen molar-refractivity contribution in [2.45, 2.75) is 38.6 Å². The van der Waals surface area contributed by atoms with Gasteiger partial charge in [0.25, 0.3) is 0 Å². The van der Waals surface area contributed by atoms with Crippen LogP contribution in [0.15, 0.2) is 22.6 Å². The molecule has 2 heterocycles. The summed E-state index contributed by atoms with van der Waals surface area (Å²) in [5.74, 6) is 0.874. The first-order chi connectivity index (χ1) is 8.31. The first kappa shape index (κ1) is 10.8. The van der Waals surface area contributed by atoms with E-state index in [2.05, 4.69) is 29.4 Å². The highest BCUT2D eigenvalue weighted by Crippen LogP contribution is 2.19. The van der Waals surface area contributed by atoms with Crippen LogP contribution >= 0.6 is 0 Å². The Hall–Kier alpha value is -1.35. The van der Waals surface area contributed by atoms with Crippen LogP contribution in [0, 0.1) is 6.92 Å². The number of rotatable bonds is 3. The Morgan fingerprint density at radius 2 is 2.41 bits per heavy atom. The minimum absolute atomic E-state index is 0.659. The third-order valence-electron chi connectivity index (χ3n) is 3.46. The molecule has 1 aromatic heterocycles. The molecule has 0 saturated carbocycles. The van der Waals surface area contributed by atoms with E-state index < -0.39 is 0 Å². The molecule has 1 unspecified atom stereocenters. The van der Waals surface area contributed by atoms with Crippen molar-refractivity contribution in [2.75, 3.05) is 6.54 Å². The van der Waals surface area contributed by atoms with Gasteiger partial charge < -0.3 is 9.73 Å². The van der Waals surface area contributed by atoms with E-state index in [4.69, 9.17) is 4.42 Å². The monoisotopic (exact) mass is 230 g/mol. The molecule has 1 aliphatic rings. The second-order valence-electron chi connectivity index (χ2n) is 4.91. The summed E-state index contributed by atoms with van der Waals surface area (Å²) in [7, 11) is 0. The van der Waals surface area contributed by atoms with Crippen molar-refractivity contribution in [1.29, 1.82) is 0 Å². The normalized spacial score (nSPS) is 20.2. The summed E-state index contributed by atoms with van der Waals surface area (Å²) in [6.07, 6.45) is 4.66. The summed E-state index contributed by atoms with van der Waals surface area (Å²) in [4.78, 5) is 4.52. The quantitative estimate of drug-likeness (QED) is 0.881. The molecule has 3 nitrogen and oxygen atoms in total. The number of benzene rings is 1. The minimum Gasteiger partial charge on any atom is -0.441 e. The summed E-state index contributed by atoms with van der Waals surface area (Å²) < 4.78 is 5.77. The Bertz CT molecular complexity index is 512. The molecule has 1 aliphatic heterocycles. The van der Waals surface area contributed by atoms with Crippen LogP contribution < -0.4 is 5.32 Å². The molecule has 90 valence electrons. The molecule has 0 radical (unpaired) electrons. The highest BCUT2D eigenvalue weighted by molar-refractivity contribution is 5.73. The molecular formula is C14H18N2O. The molecule has 1 atom stereocenters. The molecule has 3 rings (SSSR count). The standard InChI is InChI=1S/C14H18N2O/c1-10-4-6-12-13(9-10)17-14(16-12)7-5-11-3-2-8-15-11/h4,6,9,11,15H,2-3,5,7-8H2,1H3. The zero-order valence-corrected chi connectivity index (χ0v) is 10.2. The van der Waals surface area contributed by atoms with Crippen molar-refractivity contribution in [3.8, 4) is 0 Å². The fraction of sp³-hybridized carbons (Fsp3) is 0.500. The van der Waals surface area contributed by atoms with Crippen molar-refractivity contribution in [3.05, 3.63) is 29.7 Å². The van der Waals surface area contributed by atoms with Gasteiger partial charge in [-0.3, -0.25) is 0 Å². The molecule has 0 aliphatic carbocycles. The Morgan fingerprint density at radius 3 is 3.24 bits per heavy atom. The maximum absolute atomic E-state index is 5.77. The lowest BCUT2D eigenvalue weighted by Crippen LogP contribution is -2.21. The predicted octanol–water partition coefficient (Wildman–Crippen LogP) is 2.82. The number of oxazole rings is 1. The Kier molecular flexibility index (Phi) is 2.85. The number of hydrogen-bond donors (Lipinski definition) is 1. The highest BCUT2D eigenvalue weighted by atomic mass is 16.3. The Balaban J connectivity index is 1.72. The lowest BCUT2D eigenvalue weighted by Gasteiger charge is -2.06. The van der Waals surface area contributed by atoms with Gasteiger partial charge in [0.15, 0.2) is 11.5 Å². The zero-order chi connectivity index (χ0) is 11.7. The smallest absolute Gasteiger partial charge is 0.195 e. The maximum atomic E-state index is 5.77. The summed E-state index contributed by atoms with van der Waals surface area (Å²) in [6.45, 7) is 3.24. The van der Waals surface area contributed by atoms with Gasteiger partial charge in [0.05, 0.1) is 0 Å². The fourth-order valence-electron chi connectivity index (χ4n) is 2.49. The lowest BCUT2D eigenvalue weighted by molar-refractivity contribution is 0.480. The van der Waals surface area contributed by atoms with Gasteiger partial charge in [-0.15, -0.1) is 0 Å². The molecule has 2 aromatic rings. The van der Waals surface area contributed by atoms with E-state index in [1.54, 1.807) is 0 Å². The molecule has 1 saturated heterocycles. The van der Waals surface area contributed by atoms with Crippen LogP contribution in [0.3, 0.4) is 0 Å². The average molecular weight is 230 g/mol. The van der Waals surface area contributed by atoms with Crippen LogP contribution in [0.5, 0.6) is 0 Å². The second kappa shape index (κ2) is 4.49. The Morgan fingerprint density at radius 1 is 1.47 bits per heavy atom. The molecular weight excluding hydrogens is 212 g/mol. The van der Waals surface area contributed by atoms with E-state index in [1.807, 2.05) is 6.07 Å². The van der Waals surface area contributed by atoms with Crippen LogP contribution in [-0.4, -0.2) is 17.6 Å². The molecule has 1 N–H and O–H groups in total. The first-order valence-corrected chi connectivity index (χ1v) is 6.41. The number of aryl methyl sites for hydroxylation is 2. The molecule has 3 heteroatoms. The van der Waals surface area contributed by atoms with Gasteiger partial charge in [-0.25, -0.2) is 4.98 Å². The molecule has 1 fully saturated rings. The predicted molar refractivity (Wildman–Crippen MR) is 68.1 cm³/mol. The maximum Gasteiger partial charge on any atom is 0.195 e. The number of aromatic nitrogens is 1. The van der Waals surface area contributed by atoms with E-state index in [1.165, 1.54) is 18.4 Å². The fourth-order valence-corrected chi connectivity index (χ4v) is 2.49. The summed E-state index contributed by atoms with van der Waals surface area (Å²) in [6, 6.07) is 6.82. The average Bonchev–Trinajstić information content (AvgIpc) is 2.94. The number of hydrogen-bond acceptors (Lipinski definition) is 3. The van der Waals surface area contributed by atoms with E-state index in [0.717, 1.165) is 36.4 Å². The van der Waals surface area contributed by atoms with Crippen LogP contribution in [0.2, 0.25) is 0 Å². The van der Waals surface area contributed by atoms with Crippen LogP contribution in [0.1, 0.15) is 30.7 Å². The SMILES string of the molecule is Cc1ccc2nc(CCC3CCCN3)oc2c1. The van der Waals surface area contributed by atoms with Crippen LogP contribution in [-0.2, 0) is 6.42 Å². The van der Waals surface area contributed by atoms with Crippen molar-refractivity contribution < 1.29 is 4.42 Å². The molecule has 0 amide bonds. The molecule has 0 spiro atoms. The van der Waals surface area contributed by atoms with Crippen molar-refractivity contribution in [2.24, 2.45) is 0 Å². The van der Waals surface area contributed by atoms with Crippen LogP contribution in [0.4, 0.5) is 0 Å². The summed E-state index contributed by atoms with van der Waals surface area (Å²) in [5.41, 5.74) is 3.11. The van der Waals surface area contributed by atoms with Gasteiger partial charge in [0.1, 0.15) is 5.52 Å². The number of nitrogens with zero attached hydrogens (tertiary/aromatic N) is 1. The van der Waals surface area contributed by atoms with Gasteiger partial charge in [-0.2, -0.15) is 0 Å². The van der Waals surface area contributed by atoms with Gasteiger partial charge in [-0.1, -0.05) is 6.07 Å². The molecule has 0 bridgehead atoms. The largest absolute Gasteiger partial charge is 0.441 e. The van der Waals surface area contributed by atoms with E-state index in [9.17, 15) is 0 Å².